The third-order valence-corrected chi connectivity index (χ3v) is 33.2. The molecular weight excluding hydrogens is 2160 g/mol. The zero-order valence-electron chi connectivity index (χ0n) is 81.6. The van der Waals surface area contributed by atoms with Crippen molar-refractivity contribution in [2.75, 3.05) is 37.6 Å². The second-order valence-corrected chi connectivity index (χ2v) is 42.6. The number of fused-ring (bicyclic) bond motifs is 2. The first-order valence-corrected chi connectivity index (χ1v) is 71.0. The van der Waals surface area contributed by atoms with E-state index in [2.05, 4.69) is 420 Å². The van der Waals surface area contributed by atoms with Crippen LogP contribution in [0.1, 0.15) is 37.8 Å². The Bertz CT molecular complexity index is 6300. The van der Waals surface area contributed by atoms with E-state index in [-0.39, 0.29) is 77.8 Å². The van der Waals surface area contributed by atoms with Crippen LogP contribution in [-0.4, -0.2) is 146 Å². The maximum atomic E-state index is 8.92. The maximum Gasteiger partial charge on any atom is 0 e. The first-order valence-electron chi connectivity index (χ1n) is 47.7. The van der Waals surface area contributed by atoms with Crippen molar-refractivity contribution in [3.8, 4) is 34.3 Å². The summed E-state index contributed by atoms with van der Waals surface area (Å²) in [6.07, 6.45) is 7.44. The Morgan fingerprint density at radius 2 is 0.578 bits per heavy atom. The largest absolute Gasteiger partial charge is 0.0622 e. The van der Waals surface area contributed by atoms with Crippen LogP contribution in [0.15, 0.2) is 490 Å². The molecule has 1 unspecified atom stereocenters. The Morgan fingerprint density at radius 3 is 0.816 bits per heavy atom. The number of hydrogen-bond donors (Lipinski definition) is 6. The number of aromatic nitrogens is 8. The standard InChI is InChI=1S/C22H22N6O.4C18H15P.C12H11BO3.C10H13BrN6.3K.HO4P.Pd/c23-21-19-20(15-8-10-18(11-9-15)29-17-6-2-1-3-7-17)27-28(22(19)26-14-25-21)16-5-4-12-24-13-16;4*1-4-10-16(11-5-1)19(17-12-6-2-7-13-17)18-14-8-3-9-15-18;14-13(15)10-6-8-12(9-7-10)16-11-4-2-1-3-5-11;11-8-7-9(12)14-5-15-10(7)17(16-8)6-2-1-3-13-4-6;;;;1-4-5(2)3;/h1-3,6-11,14,16,24H,4-5,12-13H2,(H2,23,25,26);4*1-15H;1-9,14-15H;5-6,13H,1-4H2,(H2,12,14,15);;;;1H;/q;;;;;;;;;+1;;/p-1/t16-;;;;;;6-;;;;;/m1.....1...../s1. The molecule has 0 amide bonds. The molecule has 31 heteroatoms. The SMILES string of the molecule is Nc1ncnc2c1c(-c1ccc(Oc3ccccc3)cc1)nn2[C@@H]1CCCNC1.Nc1ncnc2c1c(Br)nn2[C@@H]1CCCNC1.O=[P+]([O-])O[O-].OB(O)c1ccc(Oc2ccccc2)cc1.[K+].[K][K].[Pd].c1ccc(P(c2ccccc2)c2ccccc2)cc1.c1ccc(P(c2ccccc2)c2ccccc2)cc1.c1ccc(P(c2ccccc2)c2ccccc2)cc1.c1ccc(P(c2ccccc2)c2ccccc2)cc1. The average Bonchev–Trinajstić information content (AvgIpc) is 1.60. The van der Waals surface area contributed by atoms with Gasteiger partial charge < -0.3 is 51.8 Å². The molecule has 8 N–H and O–H groups in total. The Hall–Kier alpha value is -8.52. The minimum absolute atomic E-state index is 0. The van der Waals surface area contributed by atoms with Gasteiger partial charge in [-0.2, -0.15) is 10.2 Å². The van der Waals surface area contributed by atoms with Crippen LogP contribution in [0.3, 0.4) is 0 Å². The van der Waals surface area contributed by atoms with E-state index in [9.17, 15) is 0 Å². The van der Waals surface area contributed by atoms with Crippen molar-refractivity contribution in [2.45, 2.75) is 37.8 Å². The third-order valence-electron chi connectivity index (χ3n) is 22.7. The van der Waals surface area contributed by atoms with E-state index in [4.69, 9.17) is 50.8 Å². The second kappa shape index (κ2) is 65.0. The smallest absolute Gasteiger partial charge is 0 e. The van der Waals surface area contributed by atoms with E-state index < -0.39 is 47.1 Å². The van der Waals surface area contributed by atoms with Crippen molar-refractivity contribution in [1.29, 1.82) is 0 Å². The molecule has 4 aromatic heterocycles. The topological polar surface area (TPSA) is 295 Å². The molecule has 2 saturated heterocycles. The van der Waals surface area contributed by atoms with Gasteiger partial charge in [0.1, 0.15) is 57.6 Å². The van der Waals surface area contributed by atoms with Gasteiger partial charge in [0.15, 0.2) is 11.3 Å². The molecule has 2 aliphatic heterocycles. The first-order chi connectivity index (χ1) is 71.4. The molecule has 147 heavy (non-hydrogen) atoms. The number of para-hydroxylation sites is 2. The number of halogens is 1. The summed E-state index contributed by atoms with van der Waals surface area (Å²) in [7, 11) is -6.38. The summed E-state index contributed by atoms with van der Waals surface area (Å²) in [6.45, 7) is 3.92. The van der Waals surface area contributed by atoms with E-state index in [1.807, 2.05) is 94.3 Å². The normalized spacial score (nSPS) is 12.7. The molecule has 726 valence electrons. The second-order valence-electron chi connectivity index (χ2n) is 32.4. The van der Waals surface area contributed by atoms with E-state index >= 15 is 0 Å². The fourth-order valence-electron chi connectivity index (χ4n) is 16.1. The molecule has 16 aromatic carbocycles. The zero-order chi connectivity index (χ0) is 101. The van der Waals surface area contributed by atoms with Gasteiger partial charge in [-0.15, -0.1) is 0 Å². The molecule has 3 atom stereocenters. The molecule has 22 rings (SSSR count). The predicted octanol–water partition coefficient (Wildman–Crippen LogP) is 14.4. The van der Waals surface area contributed by atoms with Crippen molar-refractivity contribution in [3.05, 3.63) is 490 Å². The number of nitrogens with zero attached hydrogens (tertiary/aromatic N) is 8. The number of nitrogens with one attached hydrogen (secondary N) is 2. The number of benzene rings is 16. The molecule has 6 heterocycles. The van der Waals surface area contributed by atoms with Gasteiger partial charge in [-0.1, -0.05) is 413 Å². The van der Waals surface area contributed by atoms with Crippen LogP contribution in [0.5, 0.6) is 23.0 Å². The number of ether oxygens (including phenoxy) is 2. The summed E-state index contributed by atoms with van der Waals surface area (Å²) in [5.41, 5.74) is 15.9. The van der Waals surface area contributed by atoms with Gasteiger partial charge in [-0.3, -0.25) is 0 Å². The molecule has 0 bridgehead atoms. The number of piperidine rings is 2. The summed E-state index contributed by atoms with van der Waals surface area (Å²) in [4.78, 5) is 25.8. The Kier molecular flexibility index (Phi) is 51.8. The van der Waals surface area contributed by atoms with Crippen LogP contribution >= 0.6 is 55.9 Å². The van der Waals surface area contributed by atoms with Crippen LogP contribution in [0.25, 0.3) is 33.3 Å². The molecule has 0 aliphatic carbocycles. The summed E-state index contributed by atoms with van der Waals surface area (Å²) >= 11 is 5.92. The van der Waals surface area contributed by atoms with E-state index in [1.165, 1.54) is 139 Å². The predicted molar refractivity (Wildman–Crippen MR) is 605 cm³/mol. The van der Waals surface area contributed by atoms with Gasteiger partial charge in [0.25, 0.3) is 0 Å². The molecule has 2 fully saturated rings. The van der Waals surface area contributed by atoms with Crippen LogP contribution in [-0.2, 0) is 29.7 Å². The van der Waals surface area contributed by atoms with E-state index in [1.54, 1.807) is 24.3 Å². The number of nitrogens with two attached hydrogens (primary N) is 2. The number of rotatable bonds is 21. The van der Waals surface area contributed by atoms with Crippen molar-refractivity contribution in [1.82, 2.24) is 50.1 Å². The quantitative estimate of drug-likeness (QED) is 0.0169. The molecule has 0 saturated carbocycles. The Labute approximate surface area is 975 Å². The fourth-order valence-corrected chi connectivity index (χ4v) is 25.9. The Morgan fingerprint density at radius 1 is 0.354 bits per heavy atom. The van der Waals surface area contributed by atoms with Crippen molar-refractivity contribution in [2.24, 2.45) is 0 Å². The fraction of sp³-hybridized carbons (Fsp3) is 0.0862. The summed E-state index contributed by atoms with van der Waals surface area (Å²) in [5, 5.41) is 61.0. The van der Waals surface area contributed by atoms with Gasteiger partial charge in [-0.25, -0.2) is 34.0 Å². The van der Waals surface area contributed by atoms with E-state index in [0.717, 1.165) is 107 Å². The maximum absolute atomic E-state index is 8.92. The third kappa shape index (κ3) is 35.8. The molecule has 2 aliphatic rings. The molecular formula is C116H106BBrK3N12O8P5Pd. The first kappa shape index (κ1) is 117. The van der Waals surface area contributed by atoms with Crippen molar-refractivity contribution >= 4 is 229 Å². The van der Waals surface area contributed by atoms with Crippen LogP contribution in [0.2, 0.25) is 0 Å². The number of nitrogen functional groups attached to an aromatic ring is 2. The van der Waals surface area contributed by atoms with Crippen LogP contribution < -0.4 is 162 Å². The molecule has 0 radical (unpaired) electrons. The Balaban J connectivity index is 0.000000152. The monoisotopic (exact) mass is 2260 g/mol. The van der Waals surface area contributed by atoms with Crippen LogP contribution in [0.4, 0.5) is 11.6 Å². The van der Waals surface area contributed by atoms with Crippen LogP contribution in [0, 0.1) is 0 Å². The van der Waals surface area contributed by atoms with Gasteiger partial charge in [0.05, 0.1) is 22.9 Å². The minimum Gasteiger partial charge on any atom is -0.0622 e. The van der Waals surface area contributed by atoms with Crippen molar-refractivity contribution in [3.63, 3.8) is 0 Å². The summed E-state index contributed by atoms with van der Waals surface area (Å²) in [6, 6.07) is 164. The van der Waals surface area contributed by atoms with Gasteiger partial charge in [-0.05, 0) is 221 Å². The summed E-state index contributed by atoms with van der Waals surface area (Å²) in [5.74, 6) is 3.90. The molecule has 20 aromatic rings. The number of anilines is 2. The minimum atomic E-state index is -3.15. The van der Waals surface area contributed by atoms with Gasteiger partial charge in [0.2, 0.25) is 0 Å². The van der Waals surface area contributed by atoms with Gasteiger partial charge >= 0.3 is 130 Å². The molecule has 20 nitrogen and oxygen atoms in total. The molecule has 0 spiro atoms. The van der Waals surface area contributed by atoms with Gasteiger partial charge in [0, 0.05) is 39.1 Å². The zero-order valence-corrected chi connectivity index (χ0v) is 98.6. The van der Waals surface area contributed by atoms with Crippen molar-refractivity contribution < 1.29 is 111 Å². The number of hydrogen-bond acceptors (Lipinski definition) is 18. The van der Waals surface area contributed by atoms with E-state index in [0.29, 0.717) is 28.9 Å². The summed E-state index contributed by atoms with van der Waals surface area (Å²) < 4.78 is 27.4. The average molecular weight is 2270 g/mol.